The normalized spacial score (nSPS) is 13.4. The zero-order chi connectivity index (χ0) is 23.6. The average molecular weight is 487 g/mol. The van der Waals surface area contributed by atoms with Gasteiger partial charge in [0.15, 0.2) is 0 Å². The van der Waals surface area contributed by atoms with E-state index >= 15 is 0 Å². The largest absolute Gasteiger partial charge is 0.462 e. The van der Waals surface area contributed by atoms with E-state index in [-0.39, 0.29) is 6.61 Å². The van der Waals surface area contributed by atoms with E-state index in [0.29, 0.717) is 16.3 Å². The van der Waals surface area contributed by atoms with Gasteiger partial charge in [-0.05, 0) is 49.6 Å². The van der Waals surface area contributed by atoms with E-state index in [1.165, 1.54) is 11.3 Å². The van der Waals surface area contributed by atoms with Crippen LogP contribution in [0, 0.1) is 0 Å². The molecule has 0 fully saturated rings. The van der Waals surface area contributed by atoms with Gasteiger partial charge >= 0.3 is 5.97 Å². The number of aryl methyl sites for hydroxylation is 1. The lowest BCUT2D eigenvalue weighted by molar-refractivity contribution is -0.114. The van der Waals surface area contributed by atoms with Gasteiger partial charge in [0.25, 0.3) is 0 Å². The van der Waals surface area contributed by atoms with E-state index in [4.69, 9.17) is 4.74 Å². The molecule has 0 saturated heterocycles. The second kappa shape index (κ2) is 9.52. The molecular weight excluding hydrogens is 460 g/mol. The molecule has 0 bridgehead atoms. The molecule has 0 radical (unpaired) electrons. The number of ether oxygens (including phenoxy) is 1. The zero-order valence-electron chi connectivity index (χ0n) is 18.6. The van der Waals surface area contributed by atoms with Crippen LogP contribution in [0.25, 0.3) is 10.8 Å². The molecular formula is C24H26N2O5S2. The maximum Gasteiger partial charge on any atom is 0.341 e. The molecule has 2 aromatic carbocycles. The fourth-order valence-electron chi connectivity index (χ4n) is 4.18. The zero-order valence-corrected chi connectivity index (χ0v) is 20.2. The number of fused-ring (bicyclic) bond motifs is 2. The number of nitrogens with zero attached hydrogens (tertiary/aromatic N) is 1. The van der Waals surface area contributed by atoms with Crippen molar-refractivity contribution in [1.29, 1.82) is 0 Å². The Kier molecular flexibility index (Phi) is 6.71. The summed E-state index contributed by atoms with van der Waals surface area (Å²) in [6.45, 7) is 1.57. The third-order valence-corrected chi connectivity index (χ3v) is 7.96. The summed E-state index contributed by atoms with van der Waals surface area (Å²) in [4.78, 5) is 26.8. The summed E-state index contributed by atoms with van der Waals surface area (Å²) in [5, 5.41) is 4.84. The molecule has 0 saturated carbocycles. The van der Waals surface area contributed by atoms with Crippen molar-refractivity contribution in [3.8, 4) is 0 Å². The average Bonchev–Trinajstić information content (AvgIpc) is 3.14. The van der Waals surface area contributed by atoms with Crippen LogP contribution in [-0.4, -0.2) is 39.7 Å². The lowest BCUT2D eigenvalue weighted by atomic mass is 9.95. The second-order valence-electron chi connectivity index (χ2n) is 7.95. The minimum absolute atomic E-state index is 0.236. The van der Waals surface area contributed by atoms with Gasteiger partial charge in [0.1, 0.15) is 11.5 Å². The first-order valence-electron chi connectivity index (χ1n) is 10.9. The van der Waals surface area contributed by atoms with Crippen LogP contribution in [0.15, 0.2) is 42.5 Å². The van der Waals surface area contributed by atoms with Crippen LogP contribution in [0.3, 0.4) is 0 Å². The highest BCUT2D eigenvalue weighted by Crippen LogP contribution is 2.38. The number of rotatable bonds is 7. The van der Waals surface area contributed by atoms with Crippen LogP contribution in [0.4, 0.5) is 10.7 Å². The number of hydrogen-bond donors (Lipinski definition) is 1. The van der Waals surface area contributed by atoms with Crippen LogP contribution >= 0.6 is 11.3 Å². The van der Waals surface area contributed by atoms with Gasteiger partial charge in [0.05, 0.1) is 24.1 Å². The molecule has 0 aliphatic heterocycles. The molecule has 1 aliphatic rings. The summed E-state index contributed by atoms with van der Waals surface area (Å²) in [6.07, 6.45) is 4.71. The molecule has 174 valence electrons. The standard InChI is InChI=1S/C24H26N2O5S2/c1-3-31-24(28)22-18-12-6-7-14-20(18)32-23(22)25-21(27)15-26(33(2,29)30)19-13-8-10-16-9-4-5-11-17(16)19/h4-5,8-11,13H,3,6-7,12,14-15H2,1-2H3,(H,25,27). The van der Waals surface area contributed by atoms with Crippen LogP contribution < -0.4 is 9.62 Å². The van der Waals surface area contributed by atoms with Crippen LogP contribution in [0.1, 0.15) is 40.6 Å². The molecule has 1 N–H and O–H groups in total. The molecule has 0 spiro atoms. The first kappa shape index (κ1) is 23.3. The number of esters is 1. The summed E-state index contributed by atoms with van der Waals surface area (Å²) >= 11 is 1.38. The Balaban J connectivity index is 1.66. The van der Waals surface area contributed by atoms with Gasteiger partial charge in [-0.2, -0.15) is 0 Å². The van der Waals surface area contributed by atoms with Crippen LogP contribution in [-0.2, 0) is 32.4 Å². The number of sulfonamides is 1. The van der Waals surface area contributed by atoms with Crippen LogP contribution in [0.2, 0.25) is 0 Å². The fraction of sp³-hybridized carbons (Fsp3) is 0.333. The molecule has 3 aromatic rings. The predicted molar refractivity (Wildman–Crippen MR) is 132 cm³/mol. The number of amides is 1. The highest BCUT2D eigenvalue weighted by Gasteiger charge is 2.29. The molecule has 7 nitrogen and oxygen atoms in total. The summed E-state index contributed by atoms with van der Waals surface area (Å²) < 4.78 is 31.7. The van der Waals surface area contributed by atoms with Gasteiger partial charge in [-0.25, -0.2) is 13.2 Å². The Labute approximate surface area is 197 Å². The van der Waals surface area contributed by atoms with E-state index in [1.807, 2.05) is 30.3 Å². The van der Waals surface area contributed by atoms with Gasteiger partial charge in [0.2, 0.25) is 15.9 Å². The first-order valence-corrected chi connectivity index (χ1v) is 13.5. The lowest BCUT2D eigenvalue weighted by Crippen LogP contribution is -2.37. The van der Waals surface area contributed by atoms with Crippen molar-refractivity contribution in [3.63, 3.8) is 0 Å². The second-order valence-corrected chi connectivity index (χ2v) is 11.0. The predicted octanol–water partition coefficient (Wildman–Crippen LogP) is 4.36. The Hall–Kier alpha value is -2.91. The van der Waals surface area contributed by atoms with E-state index in [1.54, 1.807) is 19.1 Å². The topological polar surface area (TPSA) is 92.8 Å². The van der Waals surface area contributed by atoms with Gasteiger partial charge in [-0.15, -0.1) is 11.3 Å². The van der Waals surface area contributed by atoms with Crippen LogP contribution in [0.5, 0.6) is 0 Å². The number of carbonyl (C=O) groups is 2. The summed E-state index contributed by atoms with van der Waals surface area (Å²) in [7, 11) is -3.75. The maximum atomic E-state index is 13.1. The Morgan fingerprint density at radius 3 is 2.58 bits per heavy atom. The number of anilines is 2. The van der Waals surface area contributed by atoms with Gasteiger partial charge in [-0.1, -0.05) is 36.4 Å². The first-order chi connectivity index (χ1) is 15.8. The number of carbonyl (C=O) groups excluding carboxylic acids is 2. The van der Waals surface area contributed by atoms with E-state index in [9.17, 15) is 18.0 Å². The van der Waals surface area contributed by atoms with Crippen molar-refractivity contribution < 1.29 is 22.7 Å². The molecule has 0 unspecified atom stereocenters. The van der Waals surface area contributed by atoms with Crippen molar-refractivity contribution in [2.75, 3.05) is 29.0 Å². The quantitative estimate of drug-likeness (QED) is 0.501. The third-order valence-electron chi connectivity index (χ3n) is 5.63. The molecule has 9 heteroatoms. The van der Waals surface area contributed by atoms with E-state index in [0.717, 1.165) is 57.5 Å². The van der Waals surface area contributed by atoms with Crippen molar-refractivity contribution in [2.45, 2.75) is 32.6 Å². The smallest absolute Gasteiger partial charge is 0.341 e. The molecule has 0 atom stereocenters. The van der Waals surface area contributed by atoms with Gasteiger partial charge in [0, 0.05) is 10.3 Å². The van der Waals surface area contributed by atoms with Crippen molar-refractivity contribution >= 4 is 54.7 Å². The number of nitrogens with one attached hydrogen (secondary N) is 1. The van der Waals surface area contributed by atoms with Gasteiger partial charge in [-0.3, -0.25) is 9.10 Å². The number of thiophene rings is 1. The maximum absolute atomic E-state index is 13.1. The number of benzene rings is 2. The Morgan fingerprint density at radius 2 is 1.82 bits per heavy atom. The lowest BCUT2D eigenvalue weighted by Gasteiger charge is -2.23. The molecule has 1 aromatic heterocycles. The minimum Gasteiger partial charge on any atom is -0.462 e. The molecule has 1 heterocycles. The van der Waals surface area contributed by atoms with Crippen molar-refractivity contribution in [1.82, 2.24) is 0 Å². The number of hydrogen-bond acceptors (Lipinski definition) is 6. The summed E-state index contributed by atoms with van der Waals surface area (Å²) in [5.41, 5.74) is 1.77. The van der Waals surface area contributed by atoms with E-state index in [2.05, 4.69) is 5.32 Å². The molecule has 1 amide bonds. The van der Waals surface area contributed by atoms with E-state index < -0.39 is 28.4 Å². The highest BCUT2D eigenvalue weighted by atomic mass is 32.2. The van der Waals surface area contributed by atoms with Crippen molar-refractivity contribution in [3.05, 3.63) is 58.5 Å². The SMILES string of the molecule is CCOC(=O)c1c(NC(=O)CN(c2cccc3ccccc23)S(C)(=O)=O)sc2c1CCCC2. The molecule has 33 heavy (non-hydrogen) atoms. The minimum atomic E-state index is -3.75. The summed E-state index contributed by atoms with van der Waals surface area (Å²) in [6, 6.07) is 12.8. The highest BCUT2D eigenvalue weighted by molar-refractivity contribution is 7.92. The Bertz CT molecular complexity index is 1310. The Morgan fingerprint density at radius 1 is 1.09 bits per heavy atom. The van der Waals surface area contributed by atoms with Gasteiger partial charge < -0.3 is 10.1 Å². The fourth-order valence-corrected chi connectivity index (χ4v) is 6.34. The summed E-state index contributed by atoms with van der Waals surface area (Å²) in [5.74, 6) is -0.973. The monoisotopic (exact) mass is 486 g/mol. The third kappa shape index (κ3) is 4.89. The molecule has 4 rings (SSSR count). The van der Waals surface area contributed by atoms with Crippen molar-refractivity contribution in [2.24, 2.45) is 0 Å². The molecule has 1 aliphatic carbocycles.